The molecule has 0 aliphatic rings. The summed E-state index contributed by atoms with van der Waals surface area (Å²) in [7, 11) is 0. The predicted molar refractivity (Wildman–Crippen MR) is 64.8 cm³/mol. The normalized spacial score (nSPS) is 12.8. The van der Waals surface area contributed by atoms with Crippen molar-refractivity contribution in [1.29, 1.82) is 0 Å². The molecule has 0 spiro atoms. The van der Waals surface area contributed by atoms with Crippen LogP contribution in [-0.4, -0.2) is 11.6 Å². The third-order valence-electron chi connectivity index (χ3n) is 1.61. The largest absolute Gasteiger partial charge is 0.126 e. The first-order valence-corrected chi connectivity index (χ1v) is 6.48. The average Bonchev–Trinajstić information content (AvgIpc) is 2.16. The van der Waals surface area contributed by atoms with E-state index in [-0.39, 0.29) is 0 Å². The maximum atomic E-state index is 5.72. The summed E-state index contributed by atoms with van der Waals surface area (Å²) in [5.74, 6) is 2.41. The molecule has 0 radical (unpaired) electrons. The smallest absolute Gasteiger partial charge is 0.0257 e. The summed E-state index contributed by atoms with van der Waals surface area (Å²) >= 11 is 11.0. The Bertz CT molecular complexity index is 248. The van der Waals surface area contributed by atoms with Gasteiger partial charge in [-0.25, -0.2) is 0 Å². The molecule has 3 heteroatoms. The van der Waals surface area contributed by atoms with E-state index in [0.717, 1.165) is 16.1 Å². The van der Waals surface area contributed by atoms with Crippen molar-refractivity contribution in [2.45, 2.75) is 11.8 Å². The summed E-state index contributed by atoms with van der Waals surface area (Å²) in [5.41, 5.74) is 0. The fourth-order valence-corrected chi connectivity index (χ4v) is 2.24. The Morgan fingerprint density at radius 3 is 2.54 bits per heavy atom. The minimum atomic E-state index is 0.579. The molecule has 0 heterocycles. The Morgan fingerprint density at radius 1 is 1.38 bits per heavy atom. The van der Waals surface area contributed by atoms with Crippen LogP contribution in [0.4, 0.5) is 0 Å². The number of alkyl halides is 1. The van der Waals surface area contributed by atoms with Crippen LogP contribution in [0.3, 0.4) is 0 Å². The maximum Gasteiger partial charge on any atom is 0.0257 e. The molecule has 1 rings (SSSR count). The lowest BCUT2D eigenvalue weighted by Crippen LogP contribution is -1.98. The minimum absolute atomic E-state index is 0.579. The first-order valence-electron chi connectivity index (χ1n) is 4.16. The van der Waals surface area contributed by atoms with Crippen molar-refractivity contribution in [1.82, 2.24) is 0 Å². The number of hydrogen-bond donors (Lipinski definition) is 0. The molecule has 0 aromatic heterocycles. The fraction of sp³-hybridized carbons (Fsp3) is 0.400. The van der Waals surface area contributed by atoms with Gasteiger partial charge in [0.05, 0.1) is 0 Å². The molecule has 0 aliphatic heterocycles. The van der Waals surface area contributed by atoms with Crippen molar-refractivity contribution in [3.63, 3.8) is 0 Å². The molecule has 0 bridgehead atoms. The predicted octanol–water partition coefficient (Wildman–Crippen LogP) is 4.42. The molecule has 1 unspecified atom stereocenters. The highest BCUT2D eigenvalue weighted by atomic mass is 79.9. The zero-order valence-electron chi connectivity index (χ0n) is 7.47. The van der Waals surface area contributed by atoms with Gasteiger partial charge in [0.1, 0.15) is 0 Å². The van der Waals surface area contributed by atoms with Crippen molar-refractivity contribution in [3.05, 3.63) is 28.7 Å². The fourth-order valence-electron chi connectivity index (χ4n) is 0.814. The Kier molecular flexibility index (Phi) is 5.22. The second-order valence-electron chi connectivity index (χ2n) is 3.02. The molecule has 72 valence electrons. The van der Waals surface area contributed by atoms with Crippen molar-refractivity contribution in [3.8, 4) is 0 Å². The monoisotopic (exact) mass is 278 g/mol. The van der Waals surface area contributed by atoms with Gasteiger partial charge in [-0.1, -0.05) is 22.9 Å². The summed E-state index contributed by atoms with van der Waals surface area (Å²) < 4.78 is 1.13. The van der Waals surface area contributed by atoms with Crippen LogP contribution in [0.15, 0.2) is 33.6 Å². The van der Waals surface area contributed by atoms with Gasteiger partial charge in [0.15, 0.2) is 0 Å². The lowest BCUT2D eigenvalue weighted by molar-refractivity contribution is 0.759. The molecular weight excluding hydrogens is 268 g/mol. The van der Waals surface area contributed by atoms with E-state index >= 15 is 0 Å². The average molecular weight is 280 g/mol. The quantitative estimate of drug-likeness (QED) is 0.581. The molecule has 0 saturated heterocycles. The van der Waals surface area contributed by atoms with Gasteiger partial charge in [0.2, 0.25) is 0 Å². The molecule has 0 amide bonds. The van der Waals surface area contributed by atoms with Gasteiger partial charge in [-0.3, -0.25) is 0 Å². The summed E-state index contributed by atoms with van der Waals surface area (Å²) in [6.45, 7) is 2.17. The van der Waals surface area contributed by atoms with E-state index in [1.807, 2.05) is 11.8 Å². The molecule has 0 aliphatic carbocycles. The van der Waals surface area contributed by atoms with Crippen LogP contribution in [0, 0.1) is 5.92 Å². The first kappa shape index (κ1) is 11.4. The van der Waals surface area contributed by atoms with Crippen molar-refractivity contribution < 1.29 is 0 Å². The Labute approximate surface area is 97.2 Å². The molecule has 1 atom stereocenters. The third kappa shape index (κ3) is 4.39. The number of halogens is 2. The zero-order valence-corrected chi connectivity index (χ0v) is 10.6. The van der Waals surface area contributed by atoms with E-state index in [9.17, 15) is 0 Å². The van der Waals surface area contributed by atoms with Crippen LogP contribution in [0.2, 0.25) is 0 Å². The number of benzene rings is 1. The van der Waals surface area contributed by atoms with Gasteiger partial charge in [-0.15, -0.1) is 23.4 Å². The SMILES string of the molecule is CC(CCl)CSc1ccc(Br)cc1. The van der Waals surface area contributed by atoms with Gasteiger partial charge in [0, 0.05) is 21.0 Å². The van der Waals surface area contributed by atoms with Gasteiger partial charge in [0.25, 0.3) is 0 Å². The minimum Gasteiger partial charge on any atom is -0.126 e. The number of thioether (sulfide) groups is 1. The maximum absolute atomic E-state index is 5.72. The Hall–Kier alpha value is 0.340. The van der Waals surface area contributed by atoms with Crippen LogP contribution in [0.25, 0.3) is 0 Å². The molecule has 1 aromatic carbocycles. The summed E-state index contributed by atoms with van der Waals surface area (Å²) in [6.07, 6.45) is 0. The number of rotatable bonds is 4. The zero-order chi connectivity index (χ0) is 9.68. The van der Waals surface area contributed by atoms with Crippen LogP contribution in [-0.2, 0) is 0 Å². The lowest BCUT2D eigenvalue weighted by Gasteiger charge is -2.06. The van der Waals surface area contributed by atoms with Crippen LogP contribution < -0.4 is 0 Å². The van der Waals surface area contributed by atoms with E-state index in [4.69, 9.17) is 11.6 Å². The lowest BCUT2D eigenvalue weighted by atomic mass is 10.3. The molecule has 13 heavy (non-hydrogen) atoms. The molecule has 0 saturated carbocycles. The summed E-state index contributed by atoms with van der Waals surface area (Å²) in [4.78, 5) is 1.31. The van der Waals surface area contributed by atoms with Gasteiger partial charge in [-0.05, 0) is 30.2 Å². The van der Waals surface area contributed by atoms with E-state index in [1.165, 1.54) is 4.90 Å². The standard InChI is InChI=1S/C10H12BrClS/c1-8(6-12)7-13-10-4-2-9(11)3-5-10/h2-5,8H,6-7H2,1H3. The molecule has 0 fully saturated rings. The molecular formula is C10H12BrClS. The number of hydrogen-bond acceptors (Lipinski definition) is 1. The van der Waals surface area contributed by atoms with Gasteiger partial charge in [-0.2, -0.15) is 0 Å². The molecule has 0 N–H and O–H groups in total. The highest BCUT2D eigenvalue weighted by Crippen LogP contribution is 2.22. The van der Waals surface area contributed by atoms with E-state index in [2.05, 4.69) is 47.1 Å². The van der Waals surface area contributed by atoms with Crippen LogP contribution in [0.5, 0.6) is 0 Å². The Morgan fingerprint density at radius 2 is 2.00 bits per heavy atom. The van der Waals surface area contributed by atoms with E-state index in [1.54, 1.807) is 0 Å². The van der Waals surface area contributed by atoms with Crippen LogP contribution in [0.1, 0.15) is 6.92 Å². The van der Waals surface area contributed by atoms with Crippen molar-refractivity contribution in [2.75, 3.05) is 11.6 Å². The van der Waals surface area contributed by atoms with Crippen LogP contribution >= 0.6 is 39.3 Å². The topological polar surface area (TPSA) is 0 Å². The van der Waals surface area contributed by atoms with Gasteiger partial charge < -0.3 is 0 Å². The van der Waals surface area contributed by atoms with E-state index < -0.39 is 0 Å². The molecule has 0 nitrogen and oxygen atoms in total. The molecule has 1 aromatic rings. The Balaban J connectivity index is 2.41. The van der Waals surface area contributed by atoms with Gasteiger partial charge >= 0.3 is 0 Å². The van der Waals surface area contributed by atoms with Crippen molar-refractivity contribution in [2.24, 2.45) is 5.92 Å². The first-order chi connectivity index (χ1) is 6.22. The highest BCUT2D eigenvalue weighted by Gasteiger charge is 2.00. The highest BCUT2D eigenvalue weighted by molar-refractivity contribution is 9.10. The second-order valence-corrected chi connectivity index (χ2v) is 5.34. The van der Waals surface area contributed by atoms with Crippen molar-refractivity contribution >= 4 is 39.3 Å². The summed E-state index contributed by atoms with van der Waals surface area (Å²) in [6, 6.07) is 8.37. The second kappa shape index (κ2) is 5.94. The third-order valence-corrected chi connectivity index (χ3v) is 4.01. The summed E-state index contributed by atoms with van der Waals surface area (Å²) in [5, 5.41) is 0. The van der Waals surface area contributed by atoms with E-state index in [0.29, 0.717) is 5.92 Å².